The van der Waals surface area contributed by atoms with Gasteiger partial charge in [0.15, 0.2) is 12.3 Å². The predicted molar refractivity (Wildman–Crippen MR) is 190 cm³/mol. The summed E-state index contributed by atoms with van der Waals surface area (Å²) in [7, 11) is 1.26. The highest BCUT2D eigenvalue weighted by atomic mass is 28.3. The summed E-state index contributed by atoms with van der Waals surface area (Å²) in [5.74, 6) is -2.97. The van der Waals surface area contributed by atoms with Gasteiger partial charge in [0.25, 0.3) is 5.91 Å². The van der Waals surface area contributed by atoms with Gasteiger partial charge in [-0.25, -0.2) is 14.5 Å². The van der Waals surface area contributed by atoms with E-state index in [1.54, 1.807) is 14.0 Å². The number of aliphatic hydroxyl groups excluding tert-OH is 1. The fourth-order valence-electron chi connectivity index (χ4n) is 7.42. The first-order chi connectivity index (χ1) is 25.0. The molecule has 0 spiro atoms. The number of hydrogen-bond acceptors (Lipinski definition) is 14. The third kappa shape index (κ3) is 9.24. The second-order valence-electron chi connectivity index (χ2n) is 16.2. The lowest BCUT2D eigenvalue weighted by molar-refractivity contribution is -0.348. The van der Waals surface area contributed by atoms with Crippen LogP contribution < -0.4 is 0 Å². The third-order valence-corrected chi connectivity index (χ3v) is 12.6. The normalized spacial score (nSPS) is 34.7. The van der Waals surface area contributed by atoms with Crippen LogP contribution in [-0.2, 0) is 58.8 Å². The van der Waals surface area contributed by atoms with E-state index in [0.717, 1.165) is 10.5 Å². The number of rotatable bonds is 13. The molecule has 4 aliphatic heterocycles. The number of carbonyl (C=O) groups is 3. The average molecular weight is 768 g/mol. The van der Waals surface area contributed by atoms with E-state index in [9.17, 15) is 14.7 Å². The van der Waals surface area contributed by atoms with E-state index in [-0.39, 0.29) is 45.4 Å². The van der Waals surface area contributed by atoms with Gasteiger partial charge < -0.3 is 52.5 Å². The Balaban J connectivity index is 1.55. The molecule has 0 bridgehead atoms. The van der Waals surface area contributed by atoms with Gasteiger partial charge in [-0.2, -0.15) is 0 Å². The van der Waals surface area contributed by atoms with Crippen LogP contribution in [0.15, 0.2) is 30.3 Å². The topological polar surface area (TPSA) is 167 Å². The van der Waals surface area contributed by atoms with Crippen LogP contribution in [0, 0.1) is 11.3 Å². The highest BCUT2D eigenvalue weighted by Gasteiger charge is 2.61. The maximum absolute atomic E-state index is 15.3. The number of methoxy groups -OCH3 is 2. The van der Waals surface area contributed by atoms with Crippen molar-refractivity contribution in [3.05, 3.63) is 35.9 Å². The van der Waals surface area contributed by atoms with Gasteiger partial charge in [0.2, 0.25) is 5.79 Å². The standard InChI is InChI=1S/C37H57NO14Si/c1-22-23(2)52-37(44-6,18-26(22)39)31(46-19-24-13-11-10-12-14-24)32(40)38(34(41)45-15-16-53(7,8)9)33-29-28(48-21-49-33)30(43-5)36(3,4)27(51-29)17-25-20-47-35(42)50-25/h10-14,22-23,25-31,33,39H,15-21H2,1-9H3/t22-,23+,25-,26+,27+,28-,29-,30+,31+,33-,37+/m0/s1. The monoisotopic (exact) mass is 767 g/mol. The second kappa shape index (κ2) is 17.0. The molecule has 1 aromatic rings. The Bertz CT molecular complexity index is 1400. The van der Waals surface area contributed by atoms with Gasteiger partial charge in [-0.1, -0.05) is 70.7 Å². The smallest absolute Gasteiger partial charge is 0.449 e. The van der Waals surface area contributed by atoms with Crippen molar-refractivity contribution in [2.75, 3.05) is 34.2 Å². The lowest BCUT2D eigenvalue weighted by Gasteiger charge is -2.55. The molecule has 1 aromatic carbocycles. The number of nitrogens with zero attached hydrogens (tertiary/aromatic N) is 1. The molecule has 16 heteroatoms. The number of cyclic esters (lactones) is 2. The summed E-state index contributed by atoms with van der Waals surface area (Å²) in [4.78, 5) is 42.3. The molecule has 4 heterocycles. The van der Waals surface area contributed by atoms with Crippen LogP contribution in [-0.4, -0.2) is 131 Å². The number of imide groups is 1. The van der Waals surface area contributed by atoms with E-state index in [4.69, 9.17) is 47.4 Å². The molecule has 0 aromatic heterocycles. The van der Waals surface area contributed by atoms with Crippen molar-refractivity contribution < 1.29 is 66.9 Å². The molecule has 0 saturated carbocycles. The Labute approximate surface area is 312 Å². The minimum atomic E-state index is -1.81. The molecule has 4 fully saturated rings. The average Bonchev–Trinajstić information content (AvgIpc) is 3.51. The van der Waals surface area contributed by atoms with Crippen molar-refractivity contribution in [1.29, 1.82) is 0 Å². The quantitative estimate of drug-likeness (QED) is 0.221. The molecule has 0 unspecified atom stereocenters. The molecule has 2 amide bonds. The van der Waals surface area contributed by atoms with Gasteiger partial charge in [0.1, 0.15) is 31.7 Å². The van der Waals surface area contributed by atoms with E-state index in [1.165, 1.54) is 7.11 Å². The van der Waals surface area contributed by atoms with E-state index in [2.05, 4.69) is 19.6 Å². The number of fused-ring (bicyclic) bond motifs is 1. The Morgan fingerprint density at radius 3 is 2.40 bits per heavy atom. The van der Waals surface area contributed by atoms with Gasteiger partial charge in [-0.05, 0) is 18.5 Å². The first-order valence-electron chi connectivity index (χ1n) is 18.3. The van der Waals surface area contributed by atoms with Crippen LogP contribution in [0.2, 0.25) is 25.7 Å². The van der Waals surface area contributed by atoms with Crippen molar-refractivity contribution in [1.82, 2.24) is 4.90 Å². The minimum absolute atomic E-state index is 0.0490. The van der Waals surface area contributed by atoms with Gasteiger partial charge in [0, 0.05) is 46.5 Å². The van der Waals surface area contributed by atoms with Crippen LogP contribution in [0.4, 0.5) is 9.59 Å². The summed E-state index contributed by atoms with van der Waals surface area (Å²) in [5.41, 5.74) is 0.0565. The number of ether oxygens (including phenoxy) is 10. The number of aliphatic hydroxyl groups is 1. The highest BCUT2D eigenvalue weighted by Crippen LogP contribution is 2.45. The van der Waals surface area contributed by atoms with Crippen LogP contribution in [0.5, 0.6) is 0 Å². The molecule has 1 N–H and O–H groups in total. The zero-order valence-electron chi connectivity index (χ0n) is 32.3. The summed E-state index contributed by atoms with van der Waals surface area (Å²) < 4.78 is 60.0. The Morgan fingerprint density at radius 2 is 1.79 bits per heavy atom. The number of benzene rings is 1. The number of amides is 2. The summed E-state index contributed by atoms with van der Waals surface area (Å²) in [6, 6.07) is 9.86. The molecule has 4 aliphatic rings. The van der Waals surface area contributed by atoms with Gasteiger partial charge >= 0.3 is 12.2 Å². The van der Waals surface area contributed by atoms with E-state index in [1.807, 2.05) is 51.1 Å². The molecule has 4 saturated heterocycles. The largest absolute Gasteiger partial charge is 0.508 e. The molecule has 0 radical (unpaired) electrons. The molecule has 5 rings (SSSR count). The van der Waals surface area contributed by atoms with Crippen molar-refractivity contribution >= 4 is 26.2 Å². The molecular formula is C37H57NO14Si. The lowest BCUT2D eigenvalue weighted by Crippen LogP contribution is -2.71. The zero-order chi connectivity index (χ0) is 38.7. The lowest BCUT2D eigenvalue weighted by atomic mass is 9.72. The molecule has 298 valence electrons. The third-order valence-electron chi connectivity index (χ3n) is 10.9. The second-order valence-corrected chi connectivity index (χ2v) is 21.8. The molecule has 0 aliphatic carbocycles. The Kier molecular flexibility index (Phi) is 13.3. The van der Waals surface area contributed by atoms with E-state index in [0.29, 0.717) is 6.04 Å². The zero-order valence-corrected chi connectivity index (χ0v) is 33.3. The predicted octanol–water partition coefficient (Wildman–Crippen LogP) is 4.46. The fraction of sp³-hybridized carbons (Fsp3) is 0.757. The molecule has 15 nitrogen and oxygen atoms in total. The minimum Gasteiger partial charge on any atom is -0.449 e. The van der Waals surface area contributed by atoms with Gasteiger partial charge in [0.05, 0.1) is 37.6 Å². The Hall–Kier alpha value is -2.67. The van der Waals surface area contributed by atoms with E-state index >= 15 is 4.79 Å². The molecule has 11 atom stereocenters. The maximum atomic E-state index is 15.3. The summed E-state index contributed by atoms with van der Waals surface area (Å²) in [5, 5.41) is 11.2. The van der Waals surface area contributed by atoms with Crippen LogP contribution >= 0.6 is 0 Å². The summed E-state index contributed by atoms with van der Waals surface area (Å²) >= 11 is 0. The van der Waals surface area contributed by atoms with E-state index < -0.39 is 92.5 Å². The number of carbonyl (C=O) groups excluding carboxylic acids is 3. The summed E-state index contributed by atoms with van der Waals surface area (Å²) in [6.45, 7) is 13.7. The van der Waals surface area contributed by atoms with Crippen molar-refractivity contribution in [2.45, 2.75) is 134 Å². The number of hydrogen-bond donors (Lipinski definition) is 1. The van der Waals surface area contributed by atoms with Gasteiger partial charge in [-0.15, -0.1) is 0 Å². The highest BCUT2D eigenvalue weighted by molar-refractivity contribution is 6.76. The van der Waals surface area contributed by atoms with Crippen LogP contribution in [0.3, 0.4) is 0 Å². The van der Waals surface area contributed by atoms with Gasteiger partial charge in [-0.3, -0.25) is 4.79 Å². The van der Waals surface area contributed by atoms with Crippen molar-refractivity contribution in [3.8, 4) is 0 Å². The van der Waals surface area contributed by atoms with Crippen LogP contribution in [0.25, 0.3) is 0 Å². The Morgan fingerprint density at radius 1 is 1.08 bits per heavy atom. The fourth-order valence-corrected chi connectivity index (χ4v) is 8.14. The first-order valence-corrected chi connectivity index (χ1v) is 22.0. The summed E-state index contributed by atoms with van der Waals surface area (Å²) in [6.07, 6.45) is -9.78. The van der Waals surface area contributed by atoms with Crippen molar-refractivity contribution in [2.24, 2.45) is 11.3 Å². The molecule has 53 heavy (non-hydrogen) atoms. The first kappa shape index (κ1) is 41.5. The van der Waals surface area contributed by atoms with Crippen molar-refractivity contribution in [3.63, 3.8) is 0 Å². The molecular weight excluding hydrogens is 710 g/mol. The maximum Gasteiger partial charge on any atom is 0.508 e. The van der Waals surface area contributed by atoms with Crippen LogP contribution in [0.1, 0.15) is 46.1 Å². The SMILES string of the molecule is CO[C@@H]1[C@H]2OCO[C@H](N(C(=O)OCC[Si](C)(C)C)C(=O)[C@@H](OCc3ccccc3)[C@@]3(OC)C[C@@H](O)[C@@H](C)[C@@H](C)O3)[C@H]2O[C@H](C[C@H]2COC(=O)O2)C1(C)C.